The smallest absolute Gasteiger partial charge is 0.264 e. The highest BCUT2D eigenvalue weighted by Crippen LogP contribution is 2.67. The molecule has 148 valence electrons. The summed E-state index contributed by atoms with van der Waals surface area (Å²) < 4.78 is 36.2. The first kappa shape index (κ1) is 18.9. The van der Waals surface area contributed by atoms with Gasteiger partial charge in [-0.25, -0.2) is 4.18 Å². The molecule has 0 aromatic rings. The zero-order chi connectivity index (χ0) is 18.7. The molecule has 4 aliphatic carbocycles. The van der Waals surface area contributed by atoms with Gasteiger partial charge in [0.15, 0.2) is 0 Å². The summed E-state index contributed by atoms with van der Waals surface area (Å²) in [6.07, 6.45) is 12.3. The number of allylic oxidation sites excluding steroid dienone is 2. The summed E-state index contributed by atoms with van der Waals surface area (Å²) in [5, 5.41) is 0. The lowest BCUT2D eigenvalue weighted by atomic mass is 9.45. The second-order valence-corrected chi connectivity index (χ2v) is 10.9. The van der Waals surface area contributed by atoms with Crippen molar-refractivity contribution in [3.05, 3.63) is 11.6 Å². The molecule has 0 aromatic heterocycles. The van der Waals surface area contributed by atoms with E-state index in [1.54, 1.807) is 5.57 Å². The van der Waals surface area contributed by atoms with Crippen molar-refractivity contribution in [3.8, 4) is 0 Å². The maximum absolute atomic E-state index is 11.1. The molecule has 0 amide bonds. The van der Waals surface area contributed by atoms with Gasteiger partial charge >= 0.3 is 10.4 Å². The molecule has 4 aliphatic rings. The van der Waals surface area contributed by atoms with E-state index in [9.17, 15) is 8.42 Å². The molecule has 0 heterocycles. The Labute approximate surface area is 158 Å². The molecule has 0 saturated heterocycles. The third-order valence-corrected chi connectivity index (χ3v) is 9.59. The third kappa shape index (κ3) is 2.89. The second-order valence-electron chi connectivity index (χ2n) is 9.89. The minimum Gasteiger partial charge on any atom is -0.264 e. The summed E-state index contributed by atoms with van der Waals surface area (Å²) >= 11 is 0. The van der Waals surface area contributed by atoms with E-state index in [1.807, 2.05) is 0 Å². The van der Waals surface area contributed by atoms with Crippen molar-refractivity contribution in [1.82, 2.24) is 0 Å². The Morgan fingerprint density at radius 3 is 2.54 bits per heavy atom. The SMILES string of the molecule is CC=C1CC[C@H]2[C@@H]3CC[C@@H]4C[C@H](OS(=O)(=O)O)CC[C@]4(C)[C@H]3CC[C@]12C. The molecule has 4 nitrogen and oxygen atoms in total. The first-order valence-corrected chi connectivity index (χ1v) is 11.9. The summed E-state index contributed by atoms with van der Waals surface area (Å²) in [6, 6.07) is 0. The van der Waals surface area contributed by atoms with E-state index in [4.69, 9.17) is 8.74 Å². The van der Waals surface area contributed by atoms with Gasteiger partial charge in [-0.1, -0.05) is 25.5 Å². The van der Waals surface area contributed by atoms with E-state index in [2.05, 4.69) is 26.8 Å². The maximum atomic E-state index is 11.1. The van der Waals surface area contributed by atoms with Crippen LogP contribution in [0.1, 0.15) is 78.6 Å². The van der Waals surface area contributed by atoms with E-state index >= 15 is 0 Å². The molecule has 4 rings (SSSR count). The lowest BCUT2D eigenvalue weighted by Gasteiger charge is -2.60. The average Bonchev–Trinajstić information content (AvgIpc) is 2.90. The summed E-state index contributed by atoms with van der Waals surface area (Å²) in [6.45, 7) is 7.19. The van der Waals surface area contributed by atoms with Crippen molar-refractivity contribution in [3.63, 3.8) is 0 Å². The van der Waals surface area contributed by atoms with E-state index in [0.29, 0.717) is 16.7 Å². The van der Waals surface area contributed by atoms with Crippen molar-refractivity contribution >= 4 is 10.4 Å². The molecule has 1 N–H and O–H groups in total. The Morgan fingerprint density at radius 1 is 1.08 bits per heavy atom. The van der Waals surface area contributed by atoms with Crippen LogP contribution >= 0.6 is 0 Å². The van der Waals surface area contributed by atoms with Crippen LogP contribution < -0.4 is 0 Å². The number of hydrogen-bond donors (Lipinski definition) is 1. The first-order valence-electron chi connectivity index (χ1n) is 10.5. The standard InChI is InChI=1S/C21H34O4S/c1-4-14-6-8-18-17-7-5-15-13-16(25-26(22,23)24)9-11-21(15,3)19(17)10-12-20(14,18)2/h4,15-19H,5-13H2,1-3H3,(H,22,23,24)/t15-,16-,17+,18+,19+,20-,21+/m1/s1. The predicted octanol–water partition coefficient (Wildman–Crippen LogP) is 5.16. The van der Waals surface area contributed by atoms with Crippen molar-refractivity contribution in [2.24, 2.45) is 34.5 Å². The second kappa shape index (κ2) is 6.31. The molecular weight excluding hydrogens is 348 g/mol. The van der Waals surface area contributed by atoms with E-state index < -0.39 is 10.4 Å². The Kier molecular flexibility index (Phi) is 4.60. The molecule has 26 heavy (non-hydrogen) atoms. The fraction of sp³-hybridized carbons (Fsp3) is 0.905. The van der Waals surface area contributed by atoms with E-state index in [-0.39, 0.29) is 6.10 Å². The van der Waals surface area contributed by atoms with Gasteiger partial charge in [-0.15, -0.1) is 0 Å². The molecule has 0 bridgehead atoms. The molecule has 7 atom stereocenters. The Bertz CT molecular complexity index is 699. The highest BCUT2D eigenvalue weighted by atomic mass is 32.3. The van der Waals surface area contributed by atoms with Crippen LogP contribution in [0, 0.1) is 34.5 Å². The van der Waals surface area contributed by atoms with Gasteiger partial charge in [-0.05, 0) is 99.2 Å². The highest BCUT2D eigenvalue weighted by Gasteiger charge is 2.59. The summed E-state index contributed by atoms with van der Waals surface area (Å²) in [5.74, 6) is 2.95. The first-order chi connectivity index (χ1) is 12.2. The van der Waals surface area contributed by atoms with E-state index in [0.717, 1.165) is 37.0 Å². The molecule has 0 aromatic carbocycles. The number of rotatable bonds is 2. The average molecular weight is 383 g/mol. The minimum atomic E-state index is -4.34. The van der Waals surface area contributed by atoms with Gasteiger partial charge in [0.1, 0.15) is 0 Å². The zero-order valence-electron chi connectivity index (χ0n) is 16.4. The fourth-order valence-corrected chi connectivity index (χ4v) is 8.32. The monoisotopic (exact) mass is 382 g/mol. The van der Waals surface area contributed by atoms with Crippen LogP contribution in [0.4, 0.5) is 0 Å². The molecule has 4 fully saturated rings. The van der Waals surface area contributed by atoms with Crippen LogP contribution in [-0.2, 0) is 14.6 Å². The van der Waals surface area contributed by atoms with Crippen LogP contribution in [0.3, 0.4) is 0 Å². The van der Waals surface area contributed by atoms with Crippen molar-refractivity contribution in [1.29, 1.82) is 0 Å². The minimum absolute atomic E-state index is 0.308. The number of fused-ring (bicyclic) bond motifs is 5. The van der Waals surface area contributed by atoms with Gasteiger partial charge in [0.2, 0.25) is 0 Å². The summed E-state index contributed by atoms with van der Waals surface area (Å²) in [4.78, 5) is 0. The van der Waals surface area contributed by atoms with Crippen LogP contribution in [0.5, 0.6) is 0 Å². The Hall–Kier alpha value is -0.390. The van der Waals surface area contributed by atoms with Gasteiger partial charge in [-0.3, -0.25) is 4.55 Å². The molecule has 5 heteroatoms. The summed E-state index contributed by atoms with van der Waals surface area (Å²) in [5.41, 5.74) is 2.42. The molecule has 0 aliphatic heterocycles. The lowest BCUT2D eigenvalue weighted by Crippen LogP contribution is -2.53. The van der Waals surface area contributed by atoms with Gasteiger partial charge in [0.05, 0.1) is 6.10 Å². The zero-order valence-corrected chi connectivity index (χ0v) is 17.2. The molecule has 4 saturated carbocycles. The predicted molar refractivity (Wildman–Crippen MR) is 102 cm³/mol. The van der Waals surface area contributed by atoms with Crippen LogP contribution in [-0.4, -0.2) is 19.1 Å². The normalized spacial score (nSPS) is 50.2. The van der Waals surface area contributed by atoms with Crippen molar-refractivity contribution in [2.45, 2.75) is 84.7 Å². The van der Waals surface area contributed by atoms with Crippen molar-refractivity contribution in [2.75, 3.05) is 0 Å². The Balaban J connectivity index is 1.54. The highest BCUT2D eigenvalue weighted by molar-refractivity contribution is 7.80. The van der Waals surface area contributed by atoms with Gasteiger partial charge in [0.25, 0.3) is 0 Å². The fourth-order valence-electron chi connectivity index (χ4n) is 7.80. The number of hydrogen-bond acceptors (Lipinski definition) is 3. The molecule has 0 spiro atoms. The van der Waals surface area contributed by atoms with Crippen LogP contribution in [0.2, 0.25) is 0 Å². The van der Waals surface area contributed by atoms with Crippen molar-refractivity contribution < 1.29 is 17.2 Å². The summed E-state index contributed by atoms with van der Waals surface area (Å²) in [7, 11) is -4.34. The van der Waals surface area contributed by atoms with Crippen LogP contribution in [0.25, 0.3) is 0 Å². The maximum Gasteiger partial charge on any atom is 0.397 e. The Morgan fingerprint density at radius 2 is 1.85 bits per heavy atom. The third-order valence-electron chi connectivity index (χ3n) is 9.07. The van der Waals surface area contributed by atoms with Gasteiger partial charge in [0, 0.05) is 0 Å². The van der Waals surface area contributed by atoms with Gasteiger partial charge in [-0.2, -0.15) is 8.42 Å². The largest absolute Gasteiger partial charge is 0.397 e. The van der Waals surface area contributed by atoms with E-state index in [1.165, 1.54) is 38.5 Å². The molecule has 0 unspecified atom stereocenters. The lowest BCUT2D eigenvalue weighted by molar-refractivity contribution is -0.113. The molecular formula is C21H34O4S. The molecule has 0 radical (unpaired) electrons. The topological polar surface area (TPSA) is 63.6 Å². The van der Waals surface area contributed by atoms with Gasteiger partial charge < -0.3 is 0 Å². The van der Waals surface area contributed by atoms with Crippen LogP contribution in [0.15, 0.2) is 11.6 Å². The quantitative estimate of drug-likeness (QED) is 0.529.